The van der Waals surface area contributed by atoms with Crippen LogP contribution >= 0.6 is 0 Å². The zero-order valence-electron chi connectivity index (χ0n) is 9.55. The Balaban J connectivity index is 2.24. The fourth-order valence-electron chi connectivity index (χ4n) is 1.40. The van der Waals surface area contributed by atoms with Crippen molar-refractivity contribution in [3.05, 3.63) is 48.2 Å². The van der Waals surface area contributed by atoms with Crippen LogP contribution in [0.3, 0.4) is 0 Å². The van der Waals surface area contributed by atoms with Crippen molar-refractivity contribution in [1.82, 2.24) is 9.97 Å². The van der Waals surface area contributed by atoms with Crippen LogP contribution in [-0.4, -0.2) is 23.0 Å². The maximum Gasteiger partial charge on any atom is 0.258 e. The molecule has 0 aliphatic carbocycles. The molecule has 0 saturated heterocycles. The maximum atomic E-state index is 13.4. The Hall–Kier alpha value is -2.50. The molecular formula is C12H10FN3O2. The van der Waals surface area contributed by atoms with Crippen LogP contribution in [0.4, 0.5) is 10.1 Å². The fourth-order valence-corrected chi connectivity index (χ4v) is 1.40. The first-order valence-electron chi connectivity index (χ1n) is 5.12. The van der Waals surface area contributed by atoms with Crippen molar-refractivity contribution >= 4 is 11.6 Å². The van der Waals surface area contributed by atoms with Gasteiger partial charge in [0.15, 0.2) is 5.82 Å². The van der Waals surface area contributed by atoms with E-state index in [1.54, 1.807) is 12.1 Å². The number of nitrogens with one attached hydrogen (secondary N) is 1. The van der Waals surface area contributed by atoms with E-state index < -0.39 is 11.7 Å². The molecule has 0 spiro atoms. The summed E-state index contributed by atoms with van der Waals surface area (Å²) in [5, 5.41) is 2.52. The maximum absolute atomic E-state index is 13.4. The first kappa shape index (κ1) is 12.0. The van der Waals surface area contributed by atoms with E-state index in [0.717, 1.165) is 6.20 Å². The van der Waals surface area contributed by atoms with Crippen LogP contribution in [0.15, 0.2) is 36.8 Å². The third kappa shape index (κ3) is 2.42. The van der Waals surface area contributed by atoms with Gasteiger partial charge in [-0.2, -0.15) is 0 Å². The van der Waals surface area contributed by atoms with Crippen LogP contribution in [0, 0.1) is 5.82 Å². The van der Waals surface area contributed by atoms with Gasteiger partial charge in [0.05, 0.1) is 18.9 Å². The highest BCUT2D eigenvalue weighted by Gasteiger charge is 2.13. The summed E-state index contributed by atoms with van der Waals surface area (Å²) in [6.45, 7) is 0. The number of carbonyl (C=O) groups is 1. The topological polar surface area (TPSA) is 64.1 Å². The van der Waals surface area contributed by atoms with Crippen LogP contribution in [0.5, 0.6) is 5.88 Å². The second-order valence-corrected chi connectivity index (χ2v) is 3.37. The molecule has 92 valence electrons. The number of rotatable bonds is 3. The minimum Gasteiger partial charge on any atom is -0.480 e. The van der Waals surface area contributed by atoms with Crippen LogP contribution in [-0.2, 0) is 0 Å². The monoisotopic (exact) mass is 247 g/mol. The molecule has 1 N–H and O–H groups in total. The molecule has 0 saturated carbocycles. The van der Waals surface area contributed by atoms with Gasteiger partial charge in [-0.25, -0.2) is 9.37 Å². The fraction of sp³-hybridized carbons (Fsp3) is 0.0833. The first-order valence-corrected chi connectivity index (χ1v) is 5.12. The largest absolute Gasteiger partial charge is 0.480 e. The Morgan fingerprint density at radius 3 is 2.94 bits per heavy atom. The van der Waals surface area contributed by atoms with Crippen molar-refractivity contribution in [1.29, 1.82) is 0 Å². The van der Waals surface area contributed by atoms with Crippen LogP contribution in [0.2, 0.25) is 0 Å². The summed E-state index contributed by atoms with van der Waals surface area (Å²) in [5.41, 5.74) is 0.289. The standard InChI is InChI=1S/C12H10FN3O2/c1-18-12-10(3-2-5-15-12)16-11(17)8-4-6-14-7-9(8)13/h2-7H,1H3,(H,16,17). The number of halogens is 1. The number of hydrogen-bond donors (Lipinski definition) is 1. The van der Waals surface area contributed by atoms with E-state index >= 15 is 0 Å². The average molecular weight is 247 g/mol. The molecule has 18 heavy (non-hydrogen) atoms. The lowest BCUT2D eigenvalue weighted by Gasteiger charge is -2.08. The van der Waals surface area contributed by atoms with E-state index in [2.05, 4.69) is 15.3 Å². The smallest absolute Gasteiger partial charge is 0.258 e. The molecule has 2 aromatic heterocycles. The van der Waals surface area contributed by atoms with E-state index in [9.17, 15) is 9.18 Å². The Bertz CT molecular complexity index is 575. The predicted octanol–water partition coefficient (Wildman–Crippen LogP) is 1.88. The van der Waals surface area contributed by atoms with Gasteiger partial charge in [0, 0.05) is 12.4 Å². The molecule has 5 nitrogen and oxygen atoms in total. The lowest BCUT2D eigenvalue weighted by atomic mass is 10.2. The van der Waals surface area contributed by atoms with Crippen molar-refractivity contribution < 1.29 is 13.9 Å². The zero-order chi connectivity index (χ0) is 13.0. The van der Waals surface area contributed by atoms with Gasteiger partial charge in [-0.1, -0.05) is 0 Å². The molecule has 2 aromatic rings. The van der Waals surface area contributed by atoms with Crippen molar-refractivity contribution in [3.8, 4) is 5.88 Å². The summed E-state index contributed by atoms with van der Waals surface area (Å²) in [6, 6.07) is 4.55. The minimum absolute atomic E-state index is 0.0871. The molecule has 2 rings (SSSR count). The molecular weight excluding hydrogens is 237 g/mol. The summed E-state index contributed by atoms with van der Waals surface area (Å²) in [6.07, 6.45) is 3.86. The molecule has 0 bridgehead atoms. The van der Waals surface area contributed by atoms with Gasteiger partial charge in [0.2, 0.25) is 5.88 Å². The van der Waals surface area contributed by atoms with E-state index in [4.69, 9.17) is 4.74 Å². The van der Waals surface area contributed by atoms with E-state index in [1.165, 1.54) is 25.6 Å². The lowest BCUT2D eigenvalue weighted by molar-refractivity contribution is 0.102. The highest BCUT2D eigenvalue weighted by molar-refractivity contribution is 6.04. The zero-order valence-corrected chi connectivity index (χ0v) is 9.55. The predicted molar refractivity (Wildman–Crippen MR) is 62.9 cm³/mol. The number of hydrogen-bond acceptors (Lipinski definition) is 4. The summed E-state index contributed by atoms with van der Waals surface area (Å²) < 4.78 is 18.3. The van der Waals surface area contributed by atoms with Gasteiger partial charge in [0.25, 0.3) is 5.91 Å². The molecule has 6 heteroatoms. The van der Waals surface area contributed by atoms with Crippen molar-refractivity contribution in [2.75, 3.05) is 12.4 Å². The summed E-state index contributed by atoms with van der Waals surface area (Å²) in [7, 11) is 1.44. The lowest BCUT2D eigenvalue weighted by Crippen LogP contribution is -2.14. The van der Waals surface area contributed by atoms with Gasteiger partial charge in [0.1, 0.15) is 5.69 Å². The molecule has 0 aromatic carbocycles. The van der Waals surface area contributed by atoms with Crippen LogP contribution in [0.1, 0.15) is 10.4 Å². The molecule has 0 aliphatic rings. The highest BCUT2D eigenvalue weighted by atomic mass is 19.1. The Morgan fingerprint density at radius 2 is 2.22 bits per heavy atom. The number of ether oxygens (including phenoxy) is 1. The van der Waals surface area contributed by atoms with Crippen molar-refractivity contribution in [2.24, 2.45) is 0 Å². The number of nitrogens with zero attached hydrogens (tertiary/aromatic N) is 2. The van der Waals surface area contributed by atoms with Gasteiger partial charge in [-0.3, -0.25) is 9.78 Å². The molecule has 2 heterocycles. The summed E-state index contributed by atoms with van der Waals surface area (Å²) in [5.74, 6) is -1.00. The number of pyridine rings is 2. The third-order valence-electron chi connectivity index (χ3n) is 2.23. The summed E-state index contributed by atoms with van der Waals surface area (Å²) >= 11 is 0. The van der Waals surface area contributed by atoms with Gasteiger partial charge in [-0.05, 0) is 18.2 Å². The van der Waals surface area contributed by atoms with Crippen molar-refractivity contribution in [3.63, 3.8) is 0 Å². The second kappa shape index (κ2) is 5.22. The number of methoxy groups -OCH3 is 1. The van der Waals surface area contributed by atoms with E-state index in [-0.39, 0.29) is 11.4 Å². The highest BCUT2D eigenvalue weighted by Crippen LogP contribution is 2.20. The first-order chi connectivity index (χ1) is 8.72. The number of aromatic nitrogens is 2. The van der Waals surface area contributed by atoms with Crippen molar-refractivity contribution in [2.45, 2.75) is 0 Å². The molecule has 0 aliphatic heterocycles. The van der Waals surface area contributed by atoms with Crippen LogP contribution < -0.4 is 10.1 Å². The van der Waals surface area contributed by atoms with Gasteiger partial charge < -0.3 is 10.1 Å². The Morgan fingerprint density at radius 1 is 1.39 bits per heavy atom. The molecule has 0 fully saturated rings. The number of anilines is 1. The average Bonchev–Trinajstić information content (AvgIpc) is 2.39. The molecule has 0 atom stereocenters. The SMILES string of the molecule is COc1ncccc1NC(=O)c1ccncc1F. The number of amides is 1. The molecule has 0 radical (unpaired) electrons. The Kier molecular flexibility index (Phi) is 3.47. The van der Waals surface area contributed by atoms with E-state index in [1.807, 2.05) is 0 Å². The van der Waals surface area contributed by atoms with Crippen LogP contribution in [0.25, 0.3) is 0 Å². The second-order valence-electron chi connectivity index (χ2n) is 3.37. The summed E-state index contributed by atoms with van der Waals surface area (Å²) in [4.78, 5) is 19.3. The quantitative estimate of drug-likeness (QED) is 0.899. The normalized spacial score (nSPS) is 9.89. The Labute approximate surface area is 103 Å². The number of carbonyl (C=O) groups excluding carboxylic acids is 1. The van der Waals surface area contributed by atoms with Gasteiger partial charge in [-0.15, -0.1) is 0 Å². The van der Waals surface area contributed by atoms with E-state index in [0.29, 0.717) is 5.69 Å². The van der Waals surface area contributed by atoms with Gasteiger partial charge >= 0.3 is 0 Å². The third-order valence-corrected chi connectivity index (χ3v) is 2.23. The molecule has 1 amide bonds. The minimum atomic E-state index is -0.683. The molecule has 0 unspecified atom stereocenters.